The van der Waals surface area contributed by atoms with Gasteiger partial charge in [-0.25, -0.2) is 0 Å². The van der Waals surface area contributed by atoms with E-state index >= 15 is 0 Å². The van der Waals surface area contributed by atoms with E-state index in [1.807, 2.05) is 13.0 Å². The summed E-state index contributed by atoms with van der Waals surface area (Å²) in [5, 5.41) is 6.96. The van der Waals surface area contributed by atoms with E-state index < -0.39 is 0 Å². The van der Waals surface area contributed by atoms with Crippen LogP contribution in [0.15, 0.2) is 42.7 Å². The van der Waals surface area contributed by atoms with E-state index in [2.05, 4.69) is 39.4 Å². The monoisotopic (exact) mass is 304 g/mol. The summed E-state index contributed by atoms with van der Waals surface area (Å²) >= 11 is 0. The average Bonchev–Trinajstić information content (AvgIpc) is 3.01. The van der Waals surface area contributed by atoms with Crippen LogP contribution in [0.1, 0.15) is 21.7 Å². The number of benzene rings is 1. The highest BCUT2D eigenvalue weighted by atomic mass is 16.2. The molecule has 0 bridgehead atoms. The van der Waals surface area contributed by atoms with E-state index in [1.54, 1.807) is 24.3 Å². The number of carbonyl (C=O) groups excluding carboxylic acids is 1. The Morgan fingerprint density at radius 1 is 1.17 bits per heavy atom. The van der Waals surface area contributed by atoms with Gasteiger partial charge >= 0.3 is 0 Å². The standard InChI is InChI=1S/C18H16N4O/c1-11-14(4-3-7-19-11)12-5-6-13-10-22(2)18(23)17-16(9-20-21-17)15(13)8-12/h3-9H,10H2,1-2H3,(H,20,21). The van der Waals surface area contributed by atoms with Gasteiger partial charge in [0.2, 0.25) is 0 Å². The molecular formula is C18H16N4O. The highest BCUT2D eigenvalue weighted by molar-refractivity contribution is 6.00. The summed E-state index contributed by atoms with van der Waals surface area (Å²) in [5.74, 6) is -0.0587. The van der Waals surface area contributed by atoms with Crippen LogP contribution in [0.5, 0.6) is 0 Å². The number of nitrogens with zero attached hydrogens (tertiary/aromatic N) is 3. The first-order chi connectivity index (χ1) is 11.1. The minimum Gasteiger partial charge on any atom is -0.336 e. The van der Waals surface area contributed by atoms with Gasteiger partial charge in [-0.3, -0.25) is 14.9 Å². The molecule has 0 unspecified atom stereocenters. The lowest BCUT2D eigenvalue weighted by atomic mass is 9.95. The Hall–Kier alpha value is -2.95. The second-order valence-electron chi connectivity index (χ2n) is 5.82. The van der Waals surface area contributed by atoms with Crippen LogP contribution in [-0.2, 0) is 6.54 Å². The smallest absolute Gasteiger partial charge is 0.275 e. The van der Waals surface area contributed by atoms with Crippen LogP contribution in [0.3, 0.4) is 0 Å². The predicted octanol–water partition coefficient (Wildman–Crippen LogP) is 3.03. The Bertz CT molecular complexity index is 913. The van der Waals surface area contributed by atoms with Gasteiger partial charge in [-0.15, -0.1) is 0 Å². The Labute approximate surface area is 134 Å². The molecule has 1 amide bonds. The third-order valence-electron chi connectivity index (χ3n) is 4.32. The van der Waals surface area contributed by atoms with Crippen molar-refractivity contribution in [3.63, 3.8) is 0 Å². The molecule has 0 radical (unpaired) electrons. The summed E-state index contributed by atoms with van der Waals surface area (Å²) < 4.78 is 0. The van der Waals surface area contributed by atoms with Crippen molar-refractivity contribution in [3.8, 4) is 22.3 Å². The van der Waals surface area contributed by atoms with E-state index in [1.165, 1.54) is 0 Å². The lowest BCUT2D eigenvalue weighted by molar-refractivity contribution is 0.0782. The number of rotatable bonds is 1. The molecule has 4 rings (SSSR count). The van der Waals surface area contributed by atoms with Crippen molar-refractivity contribution in [1.29, 1.82) is 0 Å². The van der Waals surface area contributed by atoms with Gasteiger partial charge < -0.3 is 4.90 Å². The zero-order valence-corrected chi connectivity index (χ0v) is 13.0. The number of H-pyrrole nitrogens is 1. The Balaban J connectivity index is 1.94. The number of aryl methyl sites for hydroxylation is 1. The van der Waals surface area contributed by atoms with Crippen molar-refractivity contribution in [2.75, 3.05) is 7.05 Å². The van der Waals surface area contributed by atoms with Gasteiger partial charge in [-0.2, -0.15) is 5.10 Å². The molecule has 23 heavy (non-hydrogen) atoms. The molecular weight excluding hydrogens is 288 g/mol. The third kappa shape index (κ3) is 2.12. The molecule has 5 nitrogen and oxygen atoms in total. The molecule has 5 heteroatoms. The summed E-state index contributed by atoms with van der Waals surface area (Å²) in [5.41, 5.74) is 6.69. The van der Waals surface area contributed by atoms with Gasteiger partial charge in [0.05, 0.1) is 0 Å². The summed E-state index contributed by atoms with van der Waals surface area (Å²) in [7, 11) is 1.80. The van der Waals surface area contributed by atoms with Crippen LogP contribution in [0, 0.1) is 6.92 Å². The maximum absolute atomic E-state index is 12.4. The van der Waals surface area contributed by atoms with E-state index in [-0.39, 0.29) is 5.91 Å². The fourth-order valence-electron chi connectivity index (χ4n) is 3.09. The normalized spacial score (nSPS) is 13.5. The number of carbonyl (C=O) groups is 1. The first kappa shape index (κ1) is 13.7. The molecule has 0 spiro atoms. The number of nitrogens with one attached hydrogen (secondary N) is 1. The van der Waals surface area contributed by atoms with E-state index in [9.17, 15) is 4.79 Å². The molecule has 0 aliphatic carbocycles. The van der Waals surface area contributed by atoms with Crippen molar-refractivity contribution < 1.29 is 4.79 Å². The van der Waals surface area contributed by atoms with Crippen molar-refractivity contribution >= 4 is 5.91 Å². The molecule has 0 saturated heterocycles. The molecule has 0 fully saturated rings. The molecule has 0 atom stereocenters. The summed E-state index contributed by atoms with van der Waals surface area (Å²) in [6, 6.07) is 10.3. The van der Waals surface area contributed by atoms with Crippen molar-refractivity contribution in [2.24, 2.45) is 0 Å². The van der Waals surface area contributed by atoms with Crippen LogP contribution in [0.4, 0.5) is 0 Å². The molecule has 2 aromatic heterocycles. The minimum atomic E-state index is -0.0587. The summed E-state index contributed by atoms with van der Waals surface area (Å²) in [6.07, 6.45) is 3.59. The molecule has 3 heterocycles. The SMILES string of the molecule is Cc1ncccc1-c1ccc2c(c1)-c1c[nH]nc1C(=O)N(C)C2. The van der Waals surface area contributed by atoms with Crippen LogP contribution in [0.2, 0.25) is 0 Å². The minimum absolute atomic E-state index is 0.0587. The highest BCUT2D eigenvalue weighted by Crippen LogP contribution is 2.34. The quantitative estimate of drug-likeness (QED) is 0.751. The number of amides is 1. The molecule has 3 aromatic rings. The Morgan fingerprint density at radius 3 is 2.87 bits per heavy atom. The van der Waals surface area contributed by atoms with Gasteiger partial charge in [-0.1, -0.05) is 18.2 Å². The van der Waals surface area contributed by atoms with Crippen molar-refractivity contribution in [3.05, 3.63) is 59.7 Å². The maximum Gasteiger partial charge on any atom is 0.275 e. The van der Waals surface area contributed by atoms with E-state index in [0.717, 1.165) is 33.5 Å². The fourth-order valence-corrected chi connectivity index (χ4v) is 3.09. The highest BCUT2D eigenvalue weighted by Gasteiger charge is 2.26. The first-order valence-corrected chi connectivity index (χ1v) is 7.49. The van der Waals surface area contributed by atoms with Gasteiger partial charge in [0.15, 0.2) is 5.69 Å². The summed E-state index contributed by atoms with van der Waals surface area (Å²) in [4.78, 5) is 18.5. The van der Waals surface area contributed by atoms with Crippen molar-refractivity contribution in [2.45, 2.75) is 13.5 Å². The molecule has 1 aromatic carbocycles. The molecule has 1 N–H and O–H groups in total. The average molecular weight is 304 g/mol. The topological polar surface area (TPSA) is 61.9 Å². The molecule has 114 valence electrons. The lowest BCUT2D eigenvalue weighted by Gasteiger charge is -2.15. The van der Waals surface area contributed by atoms with Crippen LogP contribution < -0.4 is 0 Å². The number of pyridine rings is 1. The zero-order valence-electron chi connectivity index (χ0n) is 13.0. The number of aromatic nitrogens is 3. The number of hydrogen-bond donors (Lipinski definition) is 1. The molecule has 1 aliphatic rings. The van der Waals surface area contributed by atoms with Crippen LogP contribution in [0.25, 0.3) is 22.3 Å². The lowest BCUT2D eigenvalue weighted by Crippen LogP contribution is -2.25. The Kier molecular flexibility index (Phi) is 3.01. The van der Waals surface area contributed by atoms with Crippen LogP contribution in [-0.4, -0.2) is 33.0 Å². The molecule has 1 aliphatic heterocycles. The van der Waals surface area contributed by atoms with E-state index in [0.29, 0.717) is 12.2 Å². The van der Waals surface area contributed by atoms with Gasteiger partial charge in [0.1, 0.15) is 0 Å². The predicted molar refractivity (Wildman–Crippen MR) is 87.8 cm³/mol. The number of hydrogen-bond acceptors (Lipinski definition) is 3. The van der Waals surface area contributed by atoms with Gasteiger partial charge in [-0.05, 0) is 35.7 Å². The molecule has 0 saturated carbocycles. The van der Waals surface area contributed by atoms with E-state index in [4.69, 9.17) is 0 Å². The maximum atomic E-state index is 12.4. The fraction of sp³-hybridized carbons (Fsp3) is 0.167. The largest absolute Gasteiger partial charge is 0.336 e. The number of aromatic amines is 1. The Morgan fingerprint density at radius 2 is 2.04 bits per heavy atom. The second-order valence-corrected chi connectivity index (χ2v) is 5.82. The summed E-state index contributed by atoms with van der Waals surface area (Å²) in [6.45, 7) is 2.58. The second kappa shape index (κ2) is 5.05. The van der Waals surface area contributed by atoms with Crippen LogP contribution >= 0.6 is 0 Å². The third-order valence-corrected chi connectivity index (χ3v) is 4.32. The van der Waals surface area contributed by atoms with Crippen molar-refractivity contribution in [1.82, 2.24) is 20.1 Å². The number of fused-ring (bicyclic) bond motifs is 3. The zero-order chi connectivity index (χ0) is 16.0. The first-order valence-electron chi connectivity index (χ1n) is 7.49. The van der Waals surface area contributed by atoms with Gasteiger partial charge in [0.25, 0.3) is 5.91 Å². The van der Waals surface area contributed by atoms with Gasteiger partial charge in [0, 0.05) is 42.8 Å².